The lowest BCUT2D eigenvalue weighted by Gasteiger charge is -2.19. The summed E-state index contributed by atoms with van der Waals surface area (Å²) in [6.45, 7) is 3.71. The summed E-state index contributed by atoms with van der Waals surface area (Å²) in [6.07, 6.45) is 1.13. The third kappa shape index (κ3) is 4.84. The van der Waals surface area contributed by atoms with Gasteiger partial charge in [-0.15, -0.1) is 0 Å². The van der Waals surface area contributed by atoms with Gasteiger partial charge in [-0.05, 0) is 6.08 Å². The number of amides is 1. The van der Waals surface area contributed by atoms with Gasteiger partial charge in [0.15, 0.2) is 0 Å². The number of nitrogens with one attached hydrogen (secondary N) is 1. The minimum atomic E-state index is -0.350. The van der Waals surface area contributed by atoms with E-state index < -0.39 is 0 Å². The molecule has 5 heteroatoms. The van der Waals surface area contributed by atoms with E-state index in [2.05, 4.69) is 12.0 Å². The number of carbonyl (C=O) groups excluding carboxylic acids is 1. The van der Waals surface area contributed by atoms with Crippen molar-refractivity contribution in [2.75, 3.05) is 26.3 Å². The molecule has 0 aliphatic carbocycles. The molecule has 0 saturated carbocycles. The Morgan fingerprint density at radius 3 is 2.25 bits per heavy atom. The lowest BCUT2D eigenvalue weighted by Crippen LogP contribution is -2.44. The van der Waals surface area contributed by atoms with E-state index in [4.69, 9.17) is 10.2 Å². The van der Waals surface area contributed by atoms with Crippen LogP contribution in [0.4, 0.5) is 0 Å². The Kier molecular flexibility index (Phi) is 6.26. The van der Waals surface area contributed by atoms with Gasteiger partial charge in [-0.25, -0.2) is 5.01 Å². The highest BCUT2D eigenvalue weighted by Crippen LogP contribution is 1.81. The van der Waals surface area contributed by atoms with E-state index in [1.165, 1.54) is 5.01 Å². The maximum Gasteiger partial charge on any atom is 0.257 e. The zero-order valence-corrected chi connectivity index (χ0v) is 6.86. The first kappa shape index (κ1) is 11.1. The lowest BCUT2D eigenvalue weighted by molar-refractivity contribution is -0.121. The van der Waals surface area contributed by atoms with Crippen molar-refractivity contribution < 1.29 is 15.0 Å². The van der Waals surface area contributed by atoms with Gasteiger partial charge in [0.05, 0.1) is 13.2 Å². The van der Waals surface area contributed by atoms with E-state index >= 15 is 0 Å². The number of nitrogens with zero attached hydrogens (tertiary/aromatic N) is 1. The minimum Gasteiger partial charge on any atom is -0.395 e. The highest BCUT2D eigenvalue weighted by molar-refractivity contribution is 5.86. The zero-order chi connectivity index (χ0) is 9.40. The van der Waals surface area contributed by atoms with Gasteiger partial charge in [0.25, 0.3) is 5.91 Å². The molecule has 0 saturated heterocycles. The number of aliphatic hydroxyl groups excluding tert-OH is 2. The summed E-state index contributed by atoms with van der Waals surface area (Å²) < 4.78 is 0. The first-order valence-electron chi connectivity index (χ1n) is 3.64. The second kappa shape index (κ2) is 6.78. The SMILES string of the molecule is C=CC(=O)NN(CCO)CCO. The molecule has 0 fully saturated rings. The molecule has 3 N–H and O–H groups in total. The molecule has 0 atom stereocenters. The molecule has 0 aromatic carbocycles. The molecule has 0 aliphatic rings. The van der Waals surface area contributed by atoms with E-state index in [-0.39, 0.29) is 19.1 Å². The fraction of sp³-hybridized carbons (Fsp3) is 0.571. The third-order valence-electron chi connectivity index (χ3n) is 1.19. The molecule has 0 aromatic heterocycles. The number of hydrazine groups is 1. The summed E-state index contributed by atoms with van der Waals surface area (Å²) in [5.41, 5.74) is 2.42. The average molecular weight is 174 g/mol. The molecule has 0 aromatic rings. The van der Waals surface area contributed by atoms with Crippen LogP contribution >= 0.6 is 0 Å². The van der Waals surface area contributed by atoms with Crippen LogP contribution in [-0.4, -0.2) is 47.4 Å². The highest BCUT2D eigenvalue weighted by atomic mass is 16.3. The summed E-state index contributed by atoms with van der Waals surface area (Å²) in [5, 5.41) is 18.5. The van der Waals surface area contributed by atoms with Gasteiger partial charge in [-0.2, -0.15) is 0 Å². The average Bonchev–Trinajstić information content (AvgIpc) is 2.05. The van der Waals surface area contributed by atoms with Gasteiger partial charge >= 0.3 is 0 Å². The van der Waals surface area contributed by atoms with Gasteiger partial charge in [-0.3, -0.25) is 10.2 Å². The normalized spacial score (nSPS) is 9.92. The largest absolute Gasteiger partial charge is 0.395 e. The van der Waals surface area contributed by atoms with Crippen molar-refractivity contribution in [3.63, 3.8) is 0 Å². The Morgan fingerprint density at radius 2 is 1.92 bits per heavy atom. The molecule has 5 nitrogen and oxygen atoms in total. The first-order valence-corrected chi connectivity index (χ1v) is 3.64. The molecule has 0 rings (SSSR count). The molecule has 70 valence electrons. The van der Waals surface area contributed by atoms with Crippen molar-refractivity contribution in [3.8, 4) is 0 Å². The van der Waals surface area contributed by atoms with Crippen molar-refractivity contribution in [2.24, 2.45) is 0 Å². The van der Waals surface area contributed by atoms with Crippen molar-refractivity contribution in [2.45, 2.75) is 0 Å². The van der Waals surface area contributed by atoms with Crippen LogP contribution in [0.2, 0.25) is 0 Å². The predicted molar refractivity (Wildman–Crippen MR) is 44.1 cm³/mol. The van der Waals surface area contributed by atoms with Crippen LogP contribution < -0.4 is 5.43 Å². The second-order valence-corrected chi connectivity index (χ2v) is 2.11. The van der Waals surface area contributed by atoms with Crippen molar-refractivity contribution in [3.05, 3.63) is 12.7 Å². The van der Waals surface area contributed by atoms with Crippen LogP contribution in [0.15, 0.2) is 12.7 Å². The molecule has 12 heavy (non-hydrogen) atoms. The van der Waals surface area contributed by atoms with Crippen LogP contribution in [0.25, 0.3) is 0 Å². The first-order chi connectivity index (χ1) is 5.74. The number of aliphatic hydroxyl groups is 2. The van der Waals surface area contributed by atoms with E-state index in [0.29, 0.717) is 13.1 Å². The van der Waals surface area contributed by atoms with Crippen molar-refractivity contribution in [1.82, 2.24) is 10.4 Å². The maximum absolute atomic E-state index is 10.7. The summed E-state index contributed by atoms with van der Waals surface area (Å²) in [7, 11) is 0. The minimum absolute atomic E-state index is 0.0720. The van der Waals surface area contributed by atoms with E-state index in [9.17, 15) is 4.79 Å². The van der Waals surface area contributed by atoms with Crippen LogP contribution in [0.3, 0.4) is 0 Å². The molecule has 0 bridgehead atoms. The van der Waals surface area contributed by atoms with E-state index in [0.717, 1.165) is 6.08 Å². The topological polar surface area (TPSA) is 72.8 Å². The third-order valence-corrected chi connectivity index (χ3v) is 1.19. The van der Waals surface area contributed by atoms with Crippen LogP contribution in [-0.2, 0) is 4.79 Å². The van der Waals surface area contributed by atoms with E-state index in [1.54, 1.807) is 0 Å². The summed E-state index contributed by atoms with van der Waals surface area (Å²) >= 11 is 0. The Hall–Kier alpha value is -0.910. The Labute approximate surface area is 71.3 Å². The Morgan fingerprint density at radius 1 is 1.42 bits per heavy atom. The van der Waals surface area contributed by atoms with Gasteiger partial charge in [0.2, 0.25) is 0 Å². The lowest BCUT2D eigenvalue weighted by atomic mass is 10.5. The molecule has 0 spiro atoms. The van der Waals surface area contributed by atoms with Crippen molar-refractivity contribution >= 4 is 5.91 Å². The van der Waals surface area contributed by atoms with Crippen molar-refractivity contribution in [1.29, 1.82) is 0 Å². The number of hydrogen-bond acceptors (Lipinski definition) is 4. The highest BCUT2D eigenvalue weighted by Gasteiger charge is 2.04. The number of rotatable bonds is 6. The smallest absolute Gasteiger partial charge is 0.257 e. The second-order valence-electron chi connectivity index (χ2n) is 2.11. The molecule has 1 amide bonds. The fourth-order valence-electron chi connectivity index (χ4n) is 0.667. The Balaban J connectivity index is 3.76. The molecule has 0 radical (unpaired) electrons. The molecular formula is C7H14N2O3. The predicted octanol–water partition coefficient (Wildman–Crippen LogP) is -1.51. The number of hydrogen-bond donors (Lipinski definition) is 3. The molecule has 0 heterocycles. The monoisotopic (exact) mass is 174 g/mol. The quantitative estimate of drug-likeness (QED) is 0.338. The molecule has 0 unspecified atom stereocenters. The van der Waals surface area contributed by atoms with Gasteiger partial charge in [0.1, 0.15) is 0 Å². The summed E-state index contributed by atoms with van der Waals surface area (Å²) in [6, 6.07) is 0. The van der Waals surface area contributed by atoms with Gasteiger partial charge < -0.3 is 10.2 Å². The van der Waals surface area contributed by atoms with Crippen LogP contribution in [0, 0.1) is 0 Å². The van der Waals surface area contributed by atoms with Gasteiger partial charge in [-0.1, -0.05) is 6.58 Å². The molecule has 0 aliphatic heterocycles. The zero-order valence-electron chi connectivity index (χ0n) is 6.86. The number of carbonyl (C=O) groups is 1. The maximum atomic E-state index is 10.7. The van der Waals surface area contributed by atoms with Crippen LogP contribution in [0.1, 0.15) is 0 Å². The molecular weight excluding hydrogens is 160 g/mol. The van der Waals surface area contributed by atoms with Crippen LogP contribution in [0.5, 0.6) is 0 Å². The van der Waals surface area contributed by atoms with Gasteiger partial charge in [0, 0.05) is 13.1 Å². The Bertz CT molecular complexity index is 144. The fourth-order valence-corrected chi connectivity index (χ4v) is 0.667. The summed E-state index contributed by atoms with van der Waals surface area (Å²) in [5.74, 6) is -0.350. The summed E-state index contributed by atoms with van der Waals surface area (Å²) in [4.78, 5) is 10.7. The van der Waals surface area contributed by atoms with E-state index in [1.807, 2.05) is 0 Å². The standard InChI is InChI=1S/C7H14N2O3/c1-2-7(12)8-9(3-5-10)4-6-11/h2,10-11H,1,3-6H2,(H,8,12).